The number of carbonyl (C=O) groups is 2. The Bertz CT molecular complexity index is 819. The van der Waals surface area contributed by atoms with Gasteiger partial charge in [0.1, 0.15) is 11.6 Å². The van der Waals surface area contributed by atoms with Crippen LogP contribution in [-0.2, 0) is 11.2 Å². The fraction of sp³-hybridized carbons (Fsp3) is 0.263. The summed E-state index contributed by atoms with van der Waals surface area (Å²) in [5, 5.41) is 0. The number of nitrogens with zero attached hydrogens (tertiary/aromatic N) is 2. The predicted molar refractivity (Wildman–Crippen MR) is 96.7 cm³/mol. The minimum absolute atomic E-state index is 0.0494. The highest BCUT2D eigenvalue weighted by Crippen LogP contribution is 2.20. The number of amides is 2. The highest BCUT2D eigenvalue weighted by molar-refractivity contribution is 9.10. The smallest absolute Gasteiger partial charge is 0.255 e. The Balaban J connectivity index is 1.57. The van der Waals surface area contributed by atoms with Crippen molar-refractivity contribution in [2.75, 3.05) is 26.2 Å². The zero-order valence-electron chi connectivity index (χ0n) is 13.9. The molecule has 2 aromatic rings. The normalized spacial score (nSPS) is 14.4. The lowest BCUT2D eigenvalue weighted by atomic mass is 10.1. The monoisotopic (exact) mass is 422 g/mol. The third-order valence-electron chi connectivity index (χ3n) is 4.35. The summed E-state index contributed by atoms with van der Waals surface area (Å²) in [6, 6.07) is 9.82. The van der Waals surface area contributed by atoms with Gasteiger partial charge in [-0.15, -0.1) is 0 Å². The summed E-state index contributed by atoms with van der Waals surface area (Å²) in [7, 11) is 0. The molecule has 26 heavy (non-hydrogen) atoms. The van der Waals surface area contributed by atoms with Gasteiger partial charge >= 0.3 is 0 Å². The first-order valence-corrected chi connectivity index (χ1v) is 9.00. The molecule has 0 aliphatic carbocycles. The summed E-state index contributed by atoms with van der Waals surface area (Å²) in [5.41, 5.74) is 1.16. The average Bonchev–Trinajstić information content (AvgIpc) is 2.63. The van der Waals surface area contributed by atoms with E-state index in [1.165, 1.54) is 30.3 Å². The van der Waals surface area contributed by atoms with Gasteiger partial charge in [0.25, 0.3) is 5.91 Å². The van der Waals surface area contributed by atoms with Crippen molar-refractivity contribution in [1.29, 1.82) is 0 Å². The maximum Gasteiger partial charge on any atom is 0.255 e. The Morgan fingerprint density at radius 3 is 2.08 bits per heavy atom. The molecular formula is C19H17BrF2N2O2. The van der Waals surface area contributed by atoms with Crippen molar-refractivity contribution in [3.05, 3.63) is 69.7 Å². The molecule has 2 aromatic carbocycles. The fourth-order valence-corrected chi connectivity index (χ4v) is 3.40. The van der Waals surface area contributed by atoms with E-state index in [1.807, 2.05) is 0 Å². The molecule has 136 valence electrons. The van der Waals surface area contributed by atoms with Crippen LogP contribution in [-0.4, -0.2) is 47.8 Å². The zero-order valence-corrected chi connectivity index (χ0v) is 15.5. The summed E-state index contributed by atoms with van der Waals surface area (Å²) in [5.74, 6) is -0.987. The first-order valence-electron chi connectivity index (χ1n) is 8.20. The third kappa shape index (κ3) is 4.27. The van der Waals surface area contributed by atoms with Gasteiger partial charge in [0, 0.05) is 30.7 Å². The Morgan fingerprint density at radius 2 is 1.46 bits per heavy atom. The molecule has 0 N–H and O–H groups in total. The summed E-state index contributed by atoms with van der Waals surface area (Å²) < 4.78 is 26.5. The minimum atomic E-state index is -0.412. The number of halogens is 3. The lowest BCUT2D eigenvalue weighted by molar-refractivity contribution is -0.131. The van der Waals surface area contributed by atoms with Gasteiger partial charge in [0.15, 0.2) is 0 Å². The van der Waals surface area contributed by atoms with E-state index in [2.05, 4.69) is 15.9 Å². The summed E-state index contributed by atoms with van der Waals surface area (Å²) in [4.78, 5) is 28.3. The van der Waals surface area contributed by atoms with Crippen molar-refractivity contribution in [2.45, 2.75) is 6.42 Å². The van der Waals surface area contributed by atoms with Gasteiger partial charge in [-0.2, -0.15) is 0 Å². The molecule has 1 fully saturated rings. The number of hydrogen-bond acceptors (Lipinski definition) is 2. The Kier molecular flexibility index (Phi) is 5.66. The lowest BCUT2D eigenvalue weighted by Gasteiger charge is -2.35. The van der Waals surface area contributed by atoms with E-state index in [0.717, 1.165) is 5.56 Å². The topological polar surface area (TPSA) is 40.6 Å². The van der Waals surface area contributed by atoms with E-state index >= 15 is 0 Å². The third-order valence-corrected chi connectivity index (χ3v) is 5.01. The number of carbonyl (C=O) groups excluding carboxylic acids is 2. The van der Waals surface area contributed by atoms with Crippen LogP contribution in [0.3, 0.4) is 0 Å². The highest BCUT2D eigenvalue weighted by atomic mass is 79.9. The van der Waals surface area contributed by atoms with Crippen molar-refractivity contribution in [3.63, 3.8) is 0 Å². The molecule has 3 rings (SSSR count). The Hall–Kier alpha value is -2.28. The first kappa shape index (κ1) is 18.5. The van der Waals surface area contributed by atoms with Gasteiger partial charge in [-0.3, -0.25) is 9.59 Å². The molecule has 0 bridgehead atoms. The summed E-state index contributed by atoms with van der Waals surface area (Å²) in [6.07, 6.45) is 0.206. The lowest BCUT2D eigenvalue weighted by Crippen LogP contribution is -2.51. The summed E-state index contributed by atoms with van der Waals surface area (Å²) >= 11 is 3.21. The molecule has 0 unspecified atom stereocenters. The largest absolute Gasteiger partial charge is 0.339 e. The highest BCUT2D eigenvalue weighted by Gasteiger charge is 2.25. The molecule has 1 aliphatic rings. The number of hydrogen-bond donors (Lipinski definition) is 0. The van der Waals surface area contributed by atoms with E-state index in [4.69, 9.17) is 0 Å². The van der Waals surface area contributed by atoms with Crippen LogP contribution < -0.4 is 0 Å². The zero-order chi connectivity index (χ0) is 18.7. The molecule has 0 spiro atoms. The van der Waals surface area contributed by atoms with Crippen molar-refractivity contribution in [3.8, 4) is 0 Å². The van der Waals surface area contributed by atoms with Gasteiger partial charge in [-0.1, -0.05) is 12.1 Å². The van der Waals surface area contributed by atoms with Crippen LogP contribution in [0.2, 0.25) is 0 Å². The molecule has 1 heterocycles. The predicted octanol–water partition coefficient (Wildman–Crippen LogP) is 3.25. The van der Waals surface area contributed by atoms with Crippen LogP contribution in [0, 0.1) is 11.6 Å². The second-order valence-corrected chi connectivity index (χ2v) is 6.95. The van der Waals surface area contributed by atoms with Gasteiger partial charge in [-0.05, 0) is 51.8 Å². The standard InChI is InChI=1S/C19H17BrF2N2O2/c20-17-12-15(22)5-6-16(17)19(26)24-9-7-23(8-10-24)18(25)11-13-1-3-14(21)4-2-13/h1-6,12H,7-11H2. The van der Waals surface area contributed by atoms with Crippen molar-refractivity contribution in [1.82, 2.24) is 9.80 Å². The molecular weight excluding hydrogens is 406 g/mol. The Labute approximate surface area is 158 Å². The maximum atomic E-state index is 13.2. The average molecular weight is 423 g/mol. The van der Waals surface area contributed by atoms with Crippen molar-refractivity contribution in [2.24, 2.45) is 0 Å². The quantitative estimate of drug-likeness (QED) is 0.761. The van der Waals surface area contributed by atoms with Crippen LogP contribution in [0.1, 0.15) is 15.9 Å². The maximum absolute atomic E-state index is 13.2. The van der Waals surface area contributed by atoms with Crippen LogP contribution >= 0.6 is 15.9 Å². The van der Waals surface area contributed by atoms with Gasteiger partial charge in [0.2, 0.25) is 5.91 Å². The van der Waals surface area contributed by atoms with E-state index < -0.39 is 5.82 Å². The van der Waals surface area contributed by atoms with E-state index in [0.29, 0.717) is 36.2 Å². The molecule has 7 heteroatoms. The summed E-state index contributed by atoms with van der Waals surface area (Å²) in [6.45, 7) is 1.70. The number of rotatable bonds is 3. The molecule has 0 aromatic heterocycles. The SMILES string of the molecule is O=C(Cc1ccc(F)cc1)N1CCN(C(=O)c2ccc(F)cc2Br)CC1. The van der Waals surface area contributed by atoms with E-state index in [-0.39, 0.29) is 24.1 Å². The molecule has 0 atom stereocenters. The molecule has 1 saturated heterocycles. The van der Waals surface area contributed by atoms with Crippen LogP contribution in [0.15, 0.2) is 46.9 Å². The van der Waals surface area contributed by atoms with Crippen molar-refractivity contribution < 1.29 is 18.4 Å². The second-order valence-electron chi connectivity index (χ2n) is 6.10. The molecule has 4 nitrogen and oxygen atoms in total. The van der Waals surface area contributed by atoms with Crippen LogP contribution in [0.4, 0.5) is 8.78 Å². The van der Waals surface area contributed by atoms with Gasteiger partial charge in [0.05, 0.1) is 12.0 Å². The molecule has 1 aliphatic heterocycles. The Morgan fingerprint density at radius 1 is 0.885 bits per heavy atom. The minimum Gasteiger partial charge on any atom is -0.339 e. The van der Waals surface area contributed by atoms with Crippen LogP contribution in [0.25, 0.3) is 0 Å². The van der Waals surface area contributed by atoms with Crippen LogP contribution in [0.5, 0.6) is 0 Å². The number of benzene rings is 2. The van der Waals surface area contributed by atoms with Gasteiger partial charge < -0.3 is 9.80 Å². The molecule has 2 amide bonds. The molecule has 0 radical (unpaired) electrons. The molecule has 0 saturated carbocycles. The fourth-order valence-electron chi connectivity index (χ4n) is 2.88. The second kappa shape index (κ2) is 7.95. The van der Waals surface area contributed by atoms with E-state index in [9.17, 15) is 18.4 Å². The first-order chi connectivity index (χ1) is 12.4. The van der Waals surface area contributed by atoms with Gasteiger partial charge in [-0.25, -0.2) is 8.78 Å². The number of piperazine rings is 1. The van der Waals surface area contributed by atoms with Crippen molar-refractivity contribution >= 4 is 27.7 Å². The van der Waals surface area contributed by atoms with E-state index in [1.54, 1.807) is 21.9 Å².